The number of nitrogens with zero attached hydrogens (tertiary/aromatic N) is 1. The monoisotopic (exact) mass is 337 g/mol. The van der Waals surface area contributed by atoms with Crippen LogP contribution in [-0.4, -0.2) is 33.7 Å². The van der Waals surface area contributed by atoms with Crippen molar-refractivity contribution in [2.24, 2.45) is 5.41 Å². The Balaban J connectivity index is 1.89. The van der Waals surface area contributed by atoms with Gasteiger partial charge in [-0.25, -0.2) is 8.42 Å². The third-order valence-corrected chi connectivity index (χ3v) is 6.02. The normalized spacial score (nSPS) is 20.0. The molecule has 1 saturated carbocycles. The van der Waals surface area contributed by atoms with Crippen molar-refractivity contribution in [2.75, 3.05) is 24.3 Å². The zero-order valence-corrected chi connectivity index (χ0v) is 14.5. The summed E-state index contributed by atoms with van der Waals surface area (Å²) in [5, 5.41) is 0. The average Bonchev–Trinajstić information content (AvgIpc) is 2.91. The van der Waals surface area contributed by atoms with Crippen molar-refractivity contribution in [1.29, 1.82) is 0 Å². The van der Waals surface area contributed by atoms with Crippen LogP contribution in [0.15, 0.2) is 23.1 Å². The summed E-state index contributed by atoms with van der Waals surface area (Å²) in [6.07, 6.45) is 6.21. The van der Waals surface area contributed by atoms with E-state index in [1.54, 1.807) is 17.0 Å². The van der Waals surface area contributed by atoms with Crippen molar-refractivity contribution in [3.8, 4) is 5.75 Å². The van der Waals surface area contributed by atoms with Crippen LogP contribution >= 0.6 is 0 Å². The van der Waals surface area contributed by atoms with Crippen LogP contribution in [0.2, 0.25) is 0 Å². The summed E-state index contributed by atoms with van der Waals surface area (Å²) in [6, 6.07) is 4.72. The van der Waals surface area contributed by atoms with Crippen molar-refractivity contribution in [3.63, 3.8) is 0 Å². The standard InChI is InChI=1S/C17H23NO4S/c1-17(7-3-4-8-17)12-16(19)18-9-10-22-15-6-5-13(11-14(15)18)23(2,20)21/h5-6,11H,3-4,7-10,12H2,1-2H3. The van der Waals surface area contributed by atoms with Crippen LogP contribution in [0.1, 0.15) is 39.0 Å². The lowest BCUT2D eigenvalue weighted by molar-refractivity contribution is -0.120. The Hall–Kier alpha value is -1.56. The number of amides is 1. The van der Waals surface area contributed by atoms with E-state index < -0.39 is 9.84 Å². The summed E-state index contributed by atoms with van der Waals surface area (Å²) in [4.78, 5) is 14.7. The van der Waals surface area contributed by atoms with Crippen LogP contribution in [0.4, 0.5) is 5.69 Å². The summed E-state index contributed by atoms with van der Waals surface area (Å²) in [5.74, 6) is 0.637. The quantitative estimate of drug-likeness (QED) is 0.851. The lowest BCUT2D eigenvalue weighted by Gasteiger charge is -2.33. The zero-order chi connectivity index (χ0) is 16.7. The molecule has 1 aliphatic carbocycles. The maximum atomic E-state index is 12.8. The maximum Gasteiger partial charge on any atom is 0.227 e. The van der Waals surface area contributed by atoms with E-state index >= 15 is 0 Å². The molecule has 0 saturated heterocycles. The summed E-state index contributed by atoms with van der Waals surface area (Å²) in [6.45, 7) is 3.08. The van der Waals surface area contributed by atoms with Gasteiger partial charge in [-0.3, -0.25) is 4.79 Å². The largest absolute Gasteiger partial charge is 0.490 e. The highest BCUT2D eigenvalue weighted by molar-refractivity contribution is 7.90. The maximum absolute atomic E-state index is 12.8. The Morgan fingerprint density at radius 3 is 2.65 bits per heavy atom. The molecule has 1 aliphatic heterocycles. The van der Waals surface area contributed by atoms with Crippen molar-refractivity contribution < 1.29 is 17.9 Å². The minimum Gasteiger partial charge on any atom is -0.490 e. The van der Waals surface area contributed by atoms with Gasteiger partial charge in [0.05, 0.1) is 17.1 Å². The number of rotatable bonds is 3. The molecular weight excluding hydrogens is 314 g/mol. The Morgan fingerprint density at radius 2 is 2.00 bits per heavy atom. The smallest absolute Gasteiger partial charge is 0.227 e. The molecule has 6 heteroatoms. The number of fused-ring (bicyclic) bond motifs is 1. The summed E-state index contributed by atoms with van der Waals surface area (Å²) in [5.41, 5.74) is 0.648. The van der Waals surface area contributed by atoms with E-state index in [-0.39, 0.29) is 16.2 Å². The van der Waals surface area contributed by atoms with Crippen molar-refractivity contribution in [3.05, 3.63) is 18.2 Å². The van der Waals surface area contributed by atoms with E-state index in [0.717, 1.165) is 12.8 Å². The first-order valence-corrected chi connectivity index (χ1v) is 9.95. The summed E-state index contributed by atoms with van der Waals surface area (Å²) < 4.78 is 29.1. The van der Waals surface area contributed by atoms with Gasteiger partial charge in [0, 0.05) is 12.7 Å². The van der Waals surface area contributed by atoms with Gasteiger partial charge in [0.15, 0.2) is 9.84 Å². The first-order chi connectivity index (χ1) is 10.8. The van der Waals surface area contributed by atoms with E-state index in [1.165, 1.54) is 25.2 Å². The Kier molecular flexibility index (Phi) is 4.12. The molecule has 1 heterocycles. The number of carbonyl (C=O) groups excluding carboxylic acids is 1. The first kappa shape index (κ1) is 16.3. The molecule has 0 aromatic heterocycles. The van der Waals surface area contributed by atoms with E-state index in [4.69, 9.17) is 4.74 Å². The van der Waals surface area contributed by atoms with Gasteiger partial charge in [-0.2, -0.15) is 0 Å². The number of ether oxygens (including phenoxy) is 1. The Bertz CT molecular complexity index is 720. The SMILES string of the molecule is CC1(CC(=O)N2CCOc3ccc(S(C)(=O)=O)cc32)CCCC1. The highest BCUT2D eigenvalue weighted by Crippen LogP contribution is 2.42. The minimum absolute atomic E-state index is 0.0598. The molecule has 1 amide bonds. The lowest BCUT2D eigenvalue weighted by atomic mass is 9.84. The van der Waals surface area contributed by atoms with Gasteiger partial charge in [-0.15, -0.1) is 0 Å². The Morgan fingerprint density at radius 1 is 1.30 bits per heavy atom. The van der Waals surface area contributed by atoms with E-state index in [1.807, 2.05) is 0 Å². The van der Waals surface area contributed by atoms with Crippen molar-refractivity contribution >= 4 is 21.4 Å². The number of benzene rings is 1. The molecule has 0 radical (unpaired) electrons. The van der Waals surface area contributed by atoms with Crippen LogP contribution in [0.3, 0.4) is 0 Å². The highest BCUT2D eigenvalue weighted by atomic mass is 32.2. The molecule has 126 valence electrons. The van der Waals surface area contributed by atoms with Gasteiger partial charge in [-0.05, 0) is 36.5 Å². The van der Waals surface area contributed by atoms with Gasteiger partial charge >= 0.3 is 0 Å². The lowest BCUT2D eigenvalue weighted by Crippen LogP contribution is -2.40. The third kappa shape index (κ3) is 3.37. The molecular formula is C17H23NO4S. The second-order valence-electron chi connectivity index (χ2n) is 6.99. The highest BCUT2D eigenvalue weighted by Gasteiger charge is 2.34. The van der Waals surface area contributed by atoms with E-state index in [9.17, 15) is 13.2 Å². The van der Waals surface area contributed by atoms with Crippen LogP contribution in [-0.2, 0) is 14.6 Å². The van der Waals surface area contributed by atoms with Gasteiger partial charge in [0.1, 0.15) is 12.4 Å². The van der Waals surface area contributed by atoms with Gasteiger partial charge in [0.25, 0.3) is 0 Å². The zero-order valence-electron chi connectivity index (χ0n) is 13.7. The molecule has 2 aliphatic rings. The fourth-order valence-corrected chi connectivity index (χ4v) is 4.19. The number of carbonyl (C=O) groups is 1. The van der Waals surface area contributed by atoms with Crippen molar-refractivity contribution in [2.45, 2.75) is 43.9 Å². The second kappa shape index (κ2) is 5.82. The molecule has 0 atom stereocenters. The van der Waals surface area contributed by atoms with Gasteiger partial charge < -0.3 is 9.64 Å². The molecule has 0 N–H and O–H groups in total. The summed E-state index contributed by atoms with van der Waals surface area (Å²) >= 11 is 0. The molecule has 3 rings (SSSR count). The fourth-order valence-electron chi connectivity index (χ4n) is 3.55. The predicted molar refractivity (Wildman–Crippen MR) is 88.6 cm³/mol. The molecule has 23 heavy (non-hydrogen) atoms. The number of hydrogen-bond acceptors (Lipinski definition) is 4. The van der Waals surface area contributed by atoms with E-state index in [0.29, 0.717) is 31.0 Å². The molecule has 1 aromatic carbocycles. The number of anilines is 1. The Labute approximate surface area is 137 Å². The number of sulfone groups is 1. The fraction of sp³-hybridized carbons (Fsp3) is 0.588. The average molecular weight is 337 g/mol. The van der Waals surface area contributed by atoms with E-state index in [2.05, 4.69) is 6.92 Å². The first-order valence-electron chi connectivity index (χ1n) is 8.06. The molecule has 1 aromatic rings. The van der Waals surface area contributed by atoms with Crippen LogP contribution < -0.4 is 9.64 Å². The molecule has 0 spiro atoms. The predicted octanol–water partition coefficient (Wildman–Crippen LogP) is 2.79. The topological polar surface area (TPSA) is 63.7 Å². The van der Waals surface area contributed by atoms with Crippen molar-refractivity contribution in [1.82, 2.24) is 0 Å². The third-order valence-electron chi connectivity index (χ3n) is 4.91. The van der Waals surface area contributed by atoms with Crippen LogP contribution in [0.25, 0.3) is 0 Å². The second-order valence-corrected chi connectivity index (χ2v) is 9.01. The van der Waals surface area contributed by atoms with Gasteiger partial charge in [0.2, 0.25) is 5.91 Å². The molecule has 0 bridgehead atoms. The molecule has 1 fully saturated rings. The number of hydrogen-bond donors (Lipinski definition) is 0. The van der Waals surface area contributed by atoms with Crippen LogP contribution in [0, 0.1) is 5.41 Å². The summed E-state index contributed by atoms with van der Waals surface area (Å²) in [7, 11) is -3.31. The minimum atomic E-state index is -3.31. The van der Waals surface area contributed by atoms with Gasteiger partial charge in [-0.1, -0.05) is 19.8 Å². The van der Waals surface area contributed by atoms with Crippen LogP contribution in [0.5, 0.6) is 5.75 Å². The molecule has 0 unspecified atom stereocenters. The molecule has 5 nitrogen and oxygen atoms in total.